The van der Waals surface area contributed by atoms with Gasteiger partial charge in [-0.25, -0.2) is 8.42 Å². The fraction of sp³-hybridized carbons (Fsp3) is 1.00. The van der Waals surface area contributed by atoms with Gasteiger partial charge in [0.25, 0.3) is 0 Å². The molecule has 0 aliphatic heterocycles. The van der Waals surface area contributed by atoms with Gasteiger partial charge in [-0.1, -0.05) is 78.1 Å². The van der Waals surface area contributed by atoms with Gasteiger partial charge in [-0.2, -0.15) is 0 Å². The zero-order chi connectivity index (χ0) is 16.9. The molecule has 0 aliphatic carbocycles. The number of hydrogen-bond acceptors (Lipinski definition) is 4. The van der Waals surface area contributed by atoms with Crippen molar-refractivity contribution in [3.63, 3.8) is 0 Å². The van der Waals surface area contributed by atoms with Crippen LogP contribution in [0.15, 0.2) is 0 Å². The molecular formula is C17H35NaO4S. The van der Waals surface area contributed by atoms with Crippen molar-refractivity contribution in [2.24, 2.45) is 0 Å². The smallest absolute Gasteiger partial charge is 0.746 e. The molecule has 134 valence electrons. The summed E-state index contributed by atoms with van der Waals surface area (Å²) in [7, 11) is -4.65. The summed E-state index contributed by atoms with van der Waals surface area (Å²) < 4.78 is 33.9. The van der Waals surface area contributed by atoms with E-state index in [9.17, 15) is 18.1 Å². The Hall–Kier alpha value is 0.870. The first-order chi connectivity index (χ1) is 10.4. The van der Waals surface area contributed by atoms with Gasteiger partial charge in [-0.05, 0) is 25.7 Å². The van der Waals surface area contributed by atoms with E-state index in [2.05, 4.69) is 6.92 Å². The van der Waals surface area contributed by atoms with Crippen molar-refractivity contribution in [2.45, 2.75) is 109 Å². The van der Waals surface area contributed by atoms with Crippen LogP contribution in [-0.2, 0) is 10.1 Å². The Labute approximate surface area is 165 Å². The molecule has 0 heterocycles. The van der Waals surface area contributed by atoms with Crippen molar-refractivity contribution in [3.8, 4) is 0 Å². The summed E-state index contributed by atoms with van der Waals surface area (Å²) >= 11 is 0. The zero-order valence-electron chi connectivity index (χ0n) is 15.5. The summed E-state index contributed by atoms with van der Waals surface area (Å²) in [4.78, 5) is -2.05. The van der Waals surface area contributed by atoms with Crippen LogP contribution in [0.3, 0.4) is 0 Å². The van der Waals surface area contributed by atoms with Gasteiger partial charge in [0.2, 0.25) is 0 Å². The van der Waals surface area contributed by atoms with Crippen LogP contribution in [0.2, 0.25) is 0 Å². The van der Waals surface area contributed by atoms with Crippen LogP contribution in [0.5, 0.6) is 0 Å². The molecule has 0 radical (unpaired) electrons. The Kier molecular flexibility index (Phi) is 17.2. The van der Waals surface area contributed by atoms with E-state index >= 15 is 0 Å². The maximum atomic E-state index is 11.3. The molecule has 0 aliphatic rings. The molecule has 4 nitrogen and oxygen atoms in total. The molecule has 0 aromatic heterocycles. The first-order valence-electron chi connectivity index (χ1n) is 9.05. The SMILES string of the molecule is CCCCCCCCCCCC(O)(CCCCC)S(=O)(=O)[O-].[Na+]. The van der Waals surface area contributed by atoms with Gasteiger partial charge in [0.1, 0.15) is 10.1 Å². The molecule has 6 heteroatoms. The Balaban J connectivity index is 0. The monoisotopic (exact) mass is 358 g/mol. The second-order valence-electron chi connectivity index (χ2n) is 6.44. The summed E-state index contributed by atoms with van der Waals surface area (Å²) in [5.41, 5.74) is 0. The molecule has 0 amide bonds. The summed E-state index contributed by atoms with van der Waals surface area (Å²) in [5.74, 6) is 0. The first-order valence-corrected chi connectivity index (χ1v) is 10.5. The van der Waals surface area contributed by atoms with Crippen molar-refractivity contribution in [1.82, 2.24) is 0 Å². The molecular weight excluding hydrogens is 323 g/mol. The van der Waals surface area contributed by atoms with Crippen LogP contribution in [0.4, 0.5) is 0 Å². The maximum Gasteiger partial charge on any atom is 1.00 e. The van der Waals surface area contributed by atoms with E-state index in [1.807, 2.05) is 6.92 Å². The van der Waals surface area contributed by atoms with Gasteiger partial charge < -0.3 is 9.66 Å². The van der Waals surface area contributed by atoms with Crippen LogP contribution >= 0.6 is 0 Å². The second-order valence-corrected chi connectivity index (χ2v) is 8.10. The Bertz CT molecular complexity index is 360. The molecule has 23 heavy (non-hydrogen) atoms. The van der Waals surface area contributed by atoms with Gasteiger partial charge >= 0.3 is 29.6 Å². The summed E-state index contributed by atoms with van der Waals surface area (Å²) in [6.07, 6.45) is 12.6. The van der Waals surface area contributed by atoms with Crippen molar-refractivity contribution < 1.29 is 47.6 Å². The zero-order valence-corrected chi connectivity index (χ0v) is 18.3. The second kappa shape index (κ2) is 15.2. The van der Waals surface area contributed by atoms with Crippen LogP contribution in [0, 0.1) is 0 Å². The van der Waals surface area contributed by atoms with E-state index in [4.69, 9.17) is 0 Å². The van der Waals surface area contributed by atoms with E-state index in [0.717, 1.165) is 32.1 Å². The van der Waals surface area contributed by atoms with Crippen LogP contribution in [-0.4, -0.2) is 23.0 Å². The summed E-state index contributed by atoms with van der Waals surface area (Å²) in [6.45, 7) is 4.21. The topological polar surface area (TPSA) is 77.4 Å². The van der Waals surface area contributed by atoms with E-state index in [1.165, 1.54) is 32.1 Å². The van der Waals surface area contributed by atoms with Gasteiger partial charge in [0.15, 0.2) is 4.93 Å². The third kappa shape index (κ3) is 12.8. The first kappa shape index (κ1) is 26.1. The van der Waals surface area contributed by atoms with Crippen LogP contribution in [0.1, 0.15) is 104 Å². The van der Waals surface area contributed by atoms with Crippen molar-refractivity contribution in [2.75, 3.05) is 0 Å². The van der Waals surface area contributed by atoms with Crippen LogP contribution < -0.4 is 29.6 Å². The van der Waals surface area contributed by atoms with E-state index in [1.54, 1.807) is 0 Å². The number of rotatable bonds is 15. The molecule has 0 spiro atoms. The standard InChI is InChI=1S/C17H36O4S.Na/c1-3-5-7-8-9-10-11-12-14-16-17(18,22(19,20)21)15-13-6-4-2;/h18H,3-16H2,1-2H3,(H,19,20,21);/q;+1/p-1. The minimum absolute atomic E-state index is 0. The van der Waals surface area contributed by atoms with E-state index in [0.29, 0.717) is 12.8 Å². The van der Waals surface area contributed by atoms with Gasteiger partial charge in [-0.15, -0.1) is 0 Å². The average molecular weight is 359 g/mol. The predicted octanol–water partition coefficient (Wildman–Crippen LogP) is 1.73. The summed E-state index contributed by atoms with van der Waals surface area (Å²) in [6, 6.07) is 0. The summed E-state index contributed by atoms with van der Waals surface area (Å²) in [5, 5.41) is 10.2. The van der Waals surface area contributed by atoms with Crippen molar-refractivity contribution in [1.29, 1.82) is 0 Å². The third-order valence-electron chi connectivity index (χ3n) is 4.31. The molecule has 1 N–H and O–H groups in total. The Morgan fingerprint density at radius 1 is 0.739 bits per heavy atom. The van der Waals surface area contributed by atoms with E-state index < -0.39 is 15.1 Å². The molecule has 1 unspecified atom stereocenters. The number of unbranched alkanes of at least 4 members (excludes halogenated alkanes) is 10. The Morgan fingerprint density at radius 3 is 1.43 bits per heavy atom. The average Bonchev–Trinajstić information content (AvgIpc) is 2.44. The minimum atomic E-state index is -4.65. The molecule has 1 atom stereocenters. The quantitative estimate of drug-likeness (QED) is 0.275. The third-order valence-corrected chi connectivity index (χ3v) is 5.65. The number of hydrogen-bond donors (Lipinski definition) is 1. The fourth-order valence-electron chi connectivity index (χ4n) is 2.74. The molecule has 0 saturated heterocycles. The number of aliphatic hydroxyl groups is 1. The van der Waals surface area contributed by atoms with E-state index in [-0.39, 0.29) is 42.4 Å². The van der Waals surface area contributed by atoms with Crippen molar-refractivity contribution in [3.05, 3.63) is 0 Å². The normalized spacial score (nSPS) is 14.3. The van der Waals surface area contributed by atoms with Gasteiger partial charge in [-0.3, -0.25) is 0 Å². The molecule has 0 aromatic rings. The van der Waals surface area contributed by atoms with Gasteiger partial charge in [0.05, 0.1) is 0 Å². The minimum Gasteiger partial charge on any atom is -0.746 e. The Morgan fingerprint density at radius 2 is 1.04 bits per heavy atom. The molecule has 0 aromatic carbocycles. The maximum absolute atomic E-state index is 11.3. The largest absolute Gasteiger partial charge is 1.00 e. The predicted molar refractivity (Wildman–Crippen MR) is 90.6 cm³/mol. The van der Waals surface area contributed by atoms with Crippen LogP contribution in [0.25, 0.3) is 0 Å². The van der Waals surface area contributed by atoms with Gasteiger partial charge in [0, 0.05) is 0 Å². The molecule has 0 rings (SSSR count). The molecule has 0 saturated carbocycles. The van der Waals surface area contributed by atoms with Crippen molar-refractivity contribution >= 4 is 10.1 Å². The molecule has 0 bridgehead atoms. The fourth-order valence-corrected chi connectivity index (χ4v) is 3.53. The molecule has 0 fully saturated rings.